The number of piperidine rings is 1. The predicted octanol–water partition coefficient (Wildman–Crippen LogP) is 2.24. The molecule has 1 atom stereocenters. The maximum atomic E-state index is 11.1. The van der Waals surface area contributed by atoms with Crippen molar-refractivity contribution in [1.82, 2.24) is 4.90 Å². The highest BCUT2D eigenvalue weighted by molar-refractivity contribution is 5.49. The first-order chi connectivity index (χ1) is 10.0. The number of likely N-dealkylation sites (tertiary alicyclic amines) is 1. The largest absolute Gasteiger partial charge is 0.298 e. The number of hydrogen-bond acceptors (Lipinski definition) is 6. The first kappa shape index (κ1) is 14.9. The summed E-state index contributed by atoms with van der Waals surface area (Å²) in [7, 11) is 0. The lowest BCUT2D eigenvalue weighted by atomic mass is 9.99. The van der Waals surface area contributed by atoms with E-state index in [0.717, 1.165) is 25.5 Å². The zero-order chi connectivity index (χ0) is 15.4. The summed E-state index contributed by atoms with van der Waals surface area (Å²) in [5.41, 5.74) is -0.105. The summed E-state index contributed by atoms with van der Waals surface area (Å²) < 4.78 is 0. The summed E-state index contributed by atoms with van der Waals surface area (Å²) in [4.78, 5) is 22.5. The van der Waals surface area contributed by atoms with Gasteiger partial charge in [0.2, 0.25) is 0 Å². The number of hydrogen-bond donors (Lipinski definition) is 0. The summed E-state index contributed by atoms with van der Waals surface area (Å²) in [6, 6.07) is 5.90. The van der Waals surface area contributed by atoms with Crippen LogP contribution in [0, 0.1) is 37.5 Å². The van der Waals surface area contributed by atoms with E-state index in [1.807, 2.05) is 4.90 Å². The van der Waals surface area contributed by atoms with Gasteiger partial charge in [-0.2, -0.15) is 5.26 Å². The van der Waals surface area contributed by atoms with Gasteiger partial charge in [0.15, 0.2) is 0 Å². The van der Waals surface area contributed by atoms with E-state index in [-0.39, 0.29) is 17.3 Å². The van der Waals surface area contributed by atoms with Gasteiger partial charge in [0.1, 0.15) is 0 Å². The van der Waals surface area contributed by atoms with Crippen molar-refractivity contribution in [2.45, 2.75) is 19.4 Å². The van der Waals surface area contributed by atoms with Crippen LogP contribution in [0.1, 0.15) is 18.4 Å². The van der Waals surface area contributed by atoms with Crippen LogP contribution >= 0.6 is 0 Å². The van der Waals surface area contributed by atoms with E-state index < -0.39 is 9.85 Å². The molecule has 1 aliphatic heterocycles. The summed E-state index contributed by atoms with van der Waals surface area (Å²) in [5.74, 6) is -0.0594. The van der Waals surface area contributed by atoms with Gasteiger partial charge < -0.3 is 0 Å². The molecule has 1 heterocycles. The molecule has 110 valence electrons. The third-order valence-electron chi connectivity index (χ3n) is 3.56. The summed E-state index contributed by atoms with van der Waals surface area (Å²) in [6.45, 7) is 1.67. The minimum atomic E-state index is -0.649. The Labute approximate surface area is 120 Å². The molecule has 21 heavy (non-hydrogen) atoms. The Morgan fingerprint density at radius 2 is 2.10 bits per heavy atom. The van der Waals surface area contributed by atoms with Crippen LogP contribution in [0.3, 0.4) is 0 Å². The van der Waals surface area contributed by atoms with Gasteiger partial charge in [-0.05, 0) is 25.5 Å². The number of nitrogens with zero attached hydrogens (tertiary/aromatic N) is 4. The molecular weight excluding hydrogens is 276 g/mol. The minimum absolute atomic E-state index is 0.0594. The van der Waals surface area contributed by atoms with Crippen LogP contribution in [-0.2, 0) is 6.54 Å². The number of nitro benzene ring substituents is 2. The molecule has 2 rings (SSSR count). The second-order valence-corrected chi connectivity index (χ2v) is 5.03. The highest BCUT2D eigenvalue weighted by Crippen LogP contribution is 2.27. The Morgan fingerprint density at radius 3 is 2.71 bits per heavy atom. The standard InChI is InChI=1S/C13H14N4O4/c14-7-10-2-1-5-15(8-10)9-11-3-4-12(16(18)19)6-13(11)17(20)21/h3-4,6,10H,1-2,5,8-9H2. The Balaban J connectivity index is 2.21. The van der Waals surface area contributed by atoms with Gasteiger partial charge in [0.05, 0.1) is 27.9 Å². The molecule has 0 N–H and O–H groups in total. The molecule has 0 spiro atoms. The van der Waals surface area contributed by atoms with E-state index in [0.29, 0.717) is 18.7 Å². The molecule has 1 fully saturated rings. The molecule has 0 radical (unpaired) electrons. The van der Waals surface area contributed by atoms with Gasteiger partial charge in [0, 0.05) is 24.7 Å². The molecule has 0 saturated carbocycles. The SMILES string of the molecule is N#CC1CCCN(Cc2ccc([N+](=O)[O-])cc2[N+](=O)[O-])C1. The smallest absolute Gasteiger partial charge is 0.280 e. The average molecular weight is 290 g/mol. The zero-order valence-corrected chi connectivity index (χ0v) is 11.3. The normalized spacial score (nSPS) is 18.9. The van der Waals surface area contributed by atoms with Crippen molar-refractivity contribution in [1.29, 1.82) is 5.26 Å². The van der Waals surface area contributed by atoms with Crippen molar-refractivity contribution < 1.29 is 9.85 Å². The molecule has 1 aliphatic rings. The van der Waals surface area contributed by atoms with Crippen molar-refractivity contribution in [3.63, 3.8) is 0 Å². The van der Waals surface area contributed by atoms with Gasteiger partial charge in [-0.25, -0.2) is 0 Å². The summed E-state index contributed by atoms with van der Waals surface area (Å²) in [5, 5.41) is 30.7. The molecule has 1 unspecified atom stereocenters. The Bertz CT molecular complexity index is 611. The summed E-state index contributed by atoms with van der Waals surface area (Å²) >= 11 is 0. The predicted molar refractivity (Wildman–Crippen MR) is 73.4 cm³/mol. The fourth-order valence-corrected chi connectivity index (χ4v) is 2.51. The van der Waals surface area contributed by atoms with Crippen LogP contribution in [0.4, 0.5) is 11.4 Å². The number of rotatable bonds is 4. The Morgan fingerprint density at radius 1 is 1.33 bits per heavy atom. The molecule has 8 heteroatoms. The zero-order valence-electron chi connectivity index (χ0n) is 11.3. The van der Waals surface area contributed by atoms with E-state index in [9.17, 15) is 20.2 Å². The van der Waals surface area contributed by atoms with Crippen molar-refractivity contribution in [3.05, 3.63) is 44.0 Å². The molecule has 8 nitrogen and oxygen atoms in total. The maximum absolute atomic E-state index is 11.1. The molecule has 0 amide bonds. The first-order valence-corrected chi connectivity index (χ1v) is 6.55. The quantitative estimate of drug-likeness (QED) is 0.620. The number of nitriles is 1. The van der Waals surface area contributed by atoms with Gasteiger partial charge in [-0.3, -0.25) is 25.1 Å². The van der Waals surface area contributed by atoms with Crippen LogP contribution in [0.2, 0.25) is 0 Å². The second-order valence-electron chi connectivity index (χ2n) is 5.03. The first-order valence-electron chi connectivity index (χ1n) is 6.55. The molecular formula is C13H14N4O4. The van der Waals surface area contributed by atoms with E-state index in [4.69, 9.17) is 5.26 Å². The lowest BCUT2D eigenvalue weighted by molar-refractivity contribution is -0.394. The lowest BCUT2D eigenvalue weighted by Crippen LogP contribution is -2.34. The fourth-order valence-electron chi connectivity index (χ4n) is 2.51. The third kappa shape index (κ3) is 3.52. The molecule has 1 aromatic carbocycles. The van der Waals surface area contributed by atoms with E-state index in [1.54, 1.807) is 0 Å². The maximum Gasteiger partial charge on any atom is 0.280 e. The molecule has 0 aliphatic carbocycles. The van der Waals surface area contributed by atoms with Crippen molar-refractivity contribution in [2.24, 2.45) is 5.92 Å². The highest BCUT2D eigenvalue weighted by Gasteiger charge is 2.24. The van der Waals surface area contributed by atoms with Crippen LogP contribution in [0.25, 0.3) is 0 Å². The van der Waals surface area contributed by atoms with Crippen LogP contribution in [-0.4, -0.2) is 27.8 Å². The van der Waals surface area contributed by atoms with Gasteiger partial charge in [-0.1, -0.05) is 0 Å². The molecule has 0 aromatic heterocycles. The van der Waals surface area contributed by atoms with Gasteiger partial charge in [0.25, 0.3) is 11.4 Å². The van der Waals surface area contributed by atoms with Crippen molar-refractivity contribution in [3.8, 4) is 6.07 Å². The molecule has 0 bridgehead atoms. The monoisotopic (exact) mass is 290 g/mol. The summed E-state index contributed by atoms with van der Waals surface area (Å²) in [6.07, 6.45) is 1.72. The number of nitro groups is 2. The third-order valence-corrected chi connectivity index (χ3v) is 3.56. The number of benzene rings is 1. The van der Waals surface area contributed by atoms with E-state index >= 15 is 0 Å². The topological polar surface area (TPSA) is 113 Å². The van der Waals surface area contributed by atoms with Gasteiger partial charge in [-0.15, -0.1) is 0 Å². The minimum Gasteiger partial charge on any atom is -0.298 e. The van der Waals surface area contributed by atoms with E-state index in [1.165, 1.54) is 12.1 Å². The van der Waals surface area contributed by atoms with Crippen LogP contribution in [0.15, 0.2) is 18.2 Å². The average Bonchev–Trinajstić information content (AvgIpc) is 2.47. The highest BCUT2D eigenvalue weighted by atomic mass is 16.6. The van der Waals surface area contributed by atoms with Crippen molar-refractivity contribution in [2.75, 3.05) is 13.1 Å². The lowest BCUT2D eigenvalue weighted by Gasteiger charge is -2.29. The van der Waals surface area contributed by atoms with Crippen LogP contribution < -0.4 is 0 Å². The molecule has 1 saturated heterocycles. The molecule has 1 aromatic rings. The van der Waals surface area contributed by atoms with Crippen LogP contribution in [0.5, 0.6) is 0 Å². The van der Waals surface area contributed by atoms with Gasteiger partial charge >= 0.3 is 0 Å². The fraction of sp³-hybridized carbons (Fsp3) is 0.462. The Kier molecular flexibility index (Phi) is 4.45. The second kappa shape index (κ2) is 6.28. The van der Waals surface area contributed by atoms with E-state index in [2.05, 4.69) is 6.07 Å². The number of non-ortho nitro benzene ring substituents is 1. The van der Waals surface area contributed by atoms with Crippen molar-refractivity contribution >= 4 is 11.4 Å². The Hall–Kier alpha value is -2.53.